The Morgan fingerprint density at radius 3 is 2.90 bits per heavy atom. The molecule has 0 spiro atoms. The maximum atomic E-state index is 5.27. The predicted octanol–water partition coefficient (Wildman–Crippen LogP) is 3.53. The summed E-state index contributed by atoms with van der Waals surface area (Å²) >= 11 is 1.60. The van der Waals surface area contributed by atoms with E-state index in [1.807, 2.05) is 41.1 Å². The van der Waals surface area contributed by atoms with Crippen molar-refractivity contribution in [1.82, 2.24) is 15.3 Å². The number of rotatable bonds is 3. The van der Waals surface area contributed by atoms with E-state index in [-0.39, 0.29) is 0 Å². The maximum Gasteiger partial charge on any atom is 0.233 e. The van der Waals surface area contributed by atoms with Gasteiger partial charge in [0.15, 0.2) is 5.58 Å². The Hall–Kier alpha value is -2.47. The van der Waals surface area contributed by atoms with Gasteiger partial charge in [-0.1, -0.05) is 22.4 Å². The summed E-state index contributed by atoms with van der Waals surface area (Å²) in [6.07, 6.45) is 0.466. The third-order valence-electron chi connectivity index (χ3n) is 3.02. The molecule has 0 atom stereocenters. The Bertz CT molecular complexity index is 848. The SMILES string of the molecule is c1ccc2c(Cc3nc(-c4ccsc4)no3)noc2c1. The van der Waals surface area contributed by atoms with Crippen LogP contribution < -0.4 is 0 Å². The van der Waals surface area contributed by atoms with Crippen LogP contribution in [0.25, 0.3) is 22.4 Å². The Kier molecular flexibility index (Phi) is 2.60. The minimum atomic E-state index is 0.466. The van der Waals surface area contributed by atoms with Crippen molar-refractivity contribution < 1.29 is 9.05 Å². The summed E-state index contributed by atoms with van der Waals surface area (Å²) in [5.41, 5.74) is 2.54. The molecule has 5 nitrogen and oxygen atoms in total. The van der Waals surface area contributed by atoms with Crippen molar-refractivity contribution in [2.45, 2.75) is 6.42 Å². The molecule has 0 fully saturated rings. The van der Waals surface area contributed by atoms with Crippen LogP contribution in [0.4, 0.5) is 0 Å². The molecule has 0 radical (unpaired) electrons. The first-order valence-corrected chi connectivity index (χ1v) is 7.03. The van der Waals surface area contributed by atoms with E-state index in [1.165, 1.54) is 0 Å². The van der Waals surface area contributed by atoms with E-state index >= 15 is 0 Å². The van der Waals surface area contributed by atoms with Gasteiger partial charge in [0.2, 0.25) is 11.7 Å². The number of nitrogens with zero attached hydrogens (tertiary/aromatic N) is 3. The molecule has 3 aromatic heterocycles. The molecule has 0 amide bonds. The standard InChI is InChI=1S/C14H9N3O2S/c1-2-4-12-10(3-1)11(16-18-12)7-13-15-14(17-19-13)9-5-6-20-8-9/h1-6,8H,7H2. The quantitative estimate of drug-likeness (QED) is 0.575. The van der Waals surface area contributed by atoms with Gasteiger partial charge in [0.05, 0.1) is 6.42 Å². The van der Waals surface area contributed by atoms with Gasteiger partial charge in [0.1, 0.15) is 5.69 Å². The normalized spacial score (nSPS) is 11.2. The van der Waals surface area contributed by atoms with Crippen molar-refractivity contribution in [3.63, 3.8) is 0 Å². The van der Waals surface area contributed by atoms with Crippen molar-refractivity contribution in [3.05, 3.63) is 52.7 Å². The number of hydrogen-bond donors (Lipinski definition) is 0. The average molecular weight is 283 g/mol. The highest BCUT2D eigenvalue weighted by Crippen LogP contribution is 2.22. The lowest BCUT2D eigenvalue weighted by atomic mass is 10.2. The molecule has 0 saturated heterocycles. The van der Waals surface area contributed by atoms with E-state index in [0.29, 0.717) is 18.1 Å². The van der Waals surface area contributed by atoms with Crippen LogP contribution in [0.5, 0.6) is 0 Å². The van der Waals surface area contributed by atoms with E-state index in [1.54, 1.807) is 11.3 Å². The van der Waals surface area contributed by atoms with Crippen molar-refractivity contribution in [3.8, 4) is 11.4 Å². The van der Waals surface area contributed by atoms with Gasteiger partial charge >= 0.3 is 0 Å². The third-order valence-corrected chi connectivity index (χ3v) is 3.70. The lowest BCUT2D eigenvalue weighted by Crippen LogP contribution is -1.89. The van der Waals surface area contributed by atoms with Crippen LogP contribution in [0.3, 0.4) is 0 Å². The first-order valence-electron chi connectivity index (χ1n) is 6.08. The highest BCUT2D eigenvalue weighted by molar-refractivity contribution is 7.08. The third kappa shape index (κ3) is 1.90. The summed E-state index contributed by atoms with van der Waals surface area (Å²) in [6.45, 7) is 0. The second-order valence-corrected chi connectivity index (χ2v) is 5.11. The molecule has 20 heavy (non-hydrogen) atoms. The van der Waals surface area contributed by atoms with Crippen LogP contribution >= 0.6 is 11.3 Å². The minimum Gasteiger partial charge on any atom is -0.356 e. The van der Waals surface area contributed by atoms with Gasteiger partial charge in [-0.05, 0) is 23.6 Å². The number of thiophene rings is 1. The van der Waals surface area contributed by atoms with Crippen LogP contribution in [0.1, 0.15) is 11.6 Å². The summed E-state index contributed by atoms with van der Waals surface area (Å²) < 4.78 is 10.5. The van der Waals surface area contributed by atoms with Crippen molar-refractivity contribution in [1.29, 1.82) is 0 Å². The highest BCUT2D eigenvalue weighted by atomic mass is 32.1. The molecular weight excluding hydrogens is 274 g/mol. The Labute approximate surface area is 117 Å². The first-order chi connectivity index (χ1) is 9.90. The molecule has 4 rings (SSSR count). The Morgan fingerprint density at radius 1 is 1.05 bits per heavy atom. The zero-order valence-electron chi connectivity index (χ0n) is 10.3. The molecule has 6 heteroatoms. The van der Waals surface area contributed by atoms with E-state index in [0.717, 1.165) is 22.2 Å². The summed E-state index contributed by atoms with van der Waals surface area (Å²) in [6, 6.07) is 9.69. The zero-order chi connectivity index (χ0) is 13.4. The lowest BCUT2D eigenvalue weighted by molar-refractivity contribution is 0.380. The Morgan fingerprint density at radius 2 is 2.00 bits per heavy atom. The minimum absolute atomic E-state index is 0.466. The van der Waals surface area contributed by atoms with Gasteiger partial charge in [0.25, 0.3) is 0 Å². The topological polar surface area (TPSA) is 65.0 Å². The molecule has 0 aliphatic heterocycles. The molecule has 0 aliphatic carbocycles. The second kappa shape index (κ2) is 4.57. The van der Waals surface area contributed by atoms with E-state index in [9.17, 15) is 0 Å². The van der Waals surface area contributed by atoms with E-state index in [2.05, 4.69) is 15.3 Å². The van der Waals surface area contributed by atoms with Gasteiger partial charge in [-0.3, -0.25) is 0 Å². The van der Waals surface area contributed by atoms with Gasteiger partial charge in [-0.2, -0.15) is 16.3 Å². The van der Waals surface area contributed by atoms with Gasteiger partial charge in [-0.25, -0.2) is 0 Å². The molecule has 3 heterocycles. The smallest absolute Gasteiger partial charge is 0.233 e. The highest BCUT2D eigenvalue weighted by Gasteiger charge is 2.14. The average Bonchev–Trinajstić information content (AvgIpc) is 3.19. The number of fused-ring (bicyclic) bond motifs is 1. The molecule has 0 unspecified atom stereocenters. The fourth-order valence-electron chi connectivity index (χ4n) is 2.04. The van der Waals surface area contributed by atoms with Gasteiger partial charge in [-0.15, -0.1) is 0 Å². The van der Waals surface area contributed by atoms with Crippen LogP contribution in [-0.4, -0.2) is 15.3 Å². The first kappa shape index (κ1) is 11.4. The molecule has 0 N–H and O–H groups in total. The summed E-state index contributed by atoms with van der Waals surface area (Å²) in [4.78, 5) is 4.38. The molecule has 0 bridgehead atoms. The van der Waals surface area contributed by atoms with Crippen molar-refractivity contribution in [2.75, 3.05) is 0 Å². The van der Waals surface area contributed by atoms with Crippen LogP contribution in [0.15, 0.2) is 50.1 Å². The van der Waals surface area contributed by atoms with Gasteiger partial charge in [0, 0.05) is 16.3 Å². The van der Waals surface area contributed by atoms with Crippen molar-refractivity contribution >= 4 is 22.3 Å². The van der Waals surface area contributed by atoms with Gasteiger partial charge < -0.3 is 9.05 Å². The van der Waals surface area contributed by atoms with Crippen LogP contribution in [0.2, 0.25) is 0 Å². The largest absolute Gasteiger partial charge is 0.356 e. The van der Waals surface area contributed by atoms with Crippen molar-refractivity contribution in [2.24, 2.45) is 0 Å². The molecule has 98 valence electrons. The summed E-state index contributed by atoms with van der Waals surface area (Å²) in [7, 11) is 0. The van der Waals surface area contributed by atoms with E-state index in [4.69, 9.17) is 9.05 Å². The zero-order valence-corrected chi connectivity index (χ0v) is 11.1. The molecule has 4 aromatic rings. The molecule has 0 saturated carbocycles. The maximum absolute atomic E-state index is 5.27. The van der Waals surface area contributed by atoms with Crippen LogP contribution in [-0.2, 0) is 6.42 Å². The fourth-order valence-corrected chi connectivity index (χ4v) is 2.68. The van der Waals surface area contributed by atoms with E-state index < -0.39 is 0 Å². The fraction of sp³-hybridized carbons (Fsp3) is 0.0714. The molecule has 0 aliphatic rings. The molecular formula is C14H9N3O2S. The summed E-state index contributed by atoms with van der Waals surface area (Å²) in [5, 5.41) is 13.0. The number of benzene rings is 1. The van der Waals surface area contributed by atoms with Crippen LogP contribution in [0, 0.1) is 0 Å². The lowest BCUT2D eigenvalue weighted by Gasteiger charge is -1.89. The molecule has 1 aromatic carbocycles. The summed E-state index contributed by atoms with van der Waals surface area (Å²) in [5.74, 6) is 1.14. The second-order valence-electron chi connectivity index (χ2n) is 4.33. The number of hydrogen-bond acceptors (Lipinski definition) is 6. The number of para-hydroxylation sites is 1. The monoisotopic (exact) mass is 283 g/mol. The predicted molar refractivity (Wildman–Crippen MR) is 74.4 cm³/mol. The Balaban J connectivity index is 1.66. The number of aromatic nitrogens is 3.